The van der Waals surface area contributed by atoms with Gasteiger partial charge in [0.25, 0.3) is 0 Å². The molecule has 0 aliphatic carbocycles. The number of halogens is 2. The number of hydrogen-bond donors (Lipinski definition) is 2. The van der Waals surface area contributed by atoms with Crippen molar-refractivity contribution in [2.45, 2.75) is 6.04 Å². The maximum Gasteiger partial charge on any atom is 0.245 e. The van der Waals surface area contributed by atoms with Crippen LogP contribution in [0.4, 0.5) is 5.69 Å². The Kier molecular flexibility index (Phi) is 4.58. The van der Waals surface area contributed by atoms with E-state index in [-0.39, 0.29) is 5.91 Å². The Morgan fingerprint density at radius 1 is 1.21 bits per heavy atom. The van der Waals surface area contributed by atoms with Crippen LogP contribution in [0.2, 0.25) is 5.02 Å². The monoisotopic (exact) mass is 338 g/mol. The molecule has 98 valence electrons. The fourth-order valence-electron chi connectivity index (χ4n) is 1.61. The fraction of sp³-hybridized carbons (Fsp3) is 0.0714. The van der Waals surface area contributed by atoms with Crippen LogP contribution in [0.5, 0.6) is 0 Å². The van der Waals surface area contributed by atoms with Crippen molar-refractivity contribution in [2.24, 2.45) is 5.73 Å². The predicted molar refractivity (Wildman–Crippen MR) is 81.2 cm³/mol. The lowest BCUT2D eigenvalue weighted by Crippen LogP contribution is -2.27. The molecule has 3 nitrogen and oxygen atoms in total. The first-order valence-electron chi connectivity index (χ1n) is 5.64. The Labute approximate surface area is 124 Å². The molecule has 0 saturated carbocycles. The summed E-state index contributed by atoms with van der Waals surface area (Å²) in [6.07, 6.45) is 0. The van der Waals surface area contributed by atoms with Crippen LogP contribution in [-0.2, 0) is 4.79 Å². The summed E-state index contributed by atoms with van der Waals surface area (Å²) in [6, 6.07) is 13.7. The highest BCUT2D eigenvalue weighted by atomic mass is 79.9. The molecule has 0 aliphatic heterocycles. The lowest BCUT2D eigenvalue weighted by Gasteiger charge is -2.13. The van der Waals surface area contributed by atoms with E-state index in [4.69, 9.17) is 17.3 Å². The van der Waals surface area contributed by atoms with Gasteiger partial charge in [-0.3, -0.25) is 4.79 Å². The quantitative estimate of drug-likeness (QED) is 0.895. The summed E-state index contributed by atoms with van der Waals surface area (Å²) in [4.78, 5) is 12.1. The molecule has 0 aliphatic rings. The van der Waals surface area contributed by atoms with Gasteiger partial charge in [0, 0.05) is 9.50 Å². The van der Waals surface area contributed by atoms with Crippen LogP contribution in [0.15, 0.2) is 53.0 Å². The molecule has 0 bridgehead atoms. The summed E-state index contributed by atoms with van der Waals surface area (Å²) in [5, 5.41) is 3.36. The van der Waals surface area contributed by atoms with Gasteiger partial charge >= 0.3 is 0 Å². The van der Waals surface area contributed by atoms with Gasteiger partial charge in [-0.2, -0.15) is 0 Å². The minimum absolute atomic E-state index is 0.269. The van der Waals surface area contributed by atoms with Crippen LogP contribution in [0.3, 0.4) is 0 Å². The SMILES string of the molecule is NC(C(=O)Nc1ccc(Cl)cc1Br)c1ccccc1. The van der Waals surface area contributed by atoms with Crippen molar-refractivity contribution in [3.63, 3.8) is 0 Å². The van der Waals surface area contributed by atoms with Crippen molar-refractivity contribution in [2.75, 3.05) is 5.32 Å². The second kappa shape index (κ2) is 6.19. The zero-order chi connectivity index (χ0) is 13.8. The normalized spacial score (nSPS) is 11.9. The molecule has 0 aromatic heterocycles. The molecule has 2 aromatic carbocycles. The van der Waals surface area contributed by atoms with Gasteiger partial charge in [0.1, 0.15) is 6.04 Å². The van der Waals surface area contributed by atoms with Crippen LogP contribution in [-0.4, -0.2) is 5.91 Å². The summed E-state index contributed by atoms with van der Waals surface area (Å²) in [5.41, 5.74) is 7.32. The number of hydrogen-bond acceptors (Lipinski definition) is 2. The topological polar surface area (TPSA) is 55.1 Å². The smallest absolute Gasteiger partial charge is 0.245 e. The first-order chi connectivity index (χ1) is 9.08. The number of carbonyl (C=O) groups is 1. The molecule has 2 aromatic rings. The van der Waals surface area contributed by atoms with Gasteiger partial charge < -0.3 is 11.1 Å². The van der Waals surface area contributed by atoms with E-state index in [1.54, 1.807) is 18.2 Å². The molecule has 1 amide bonds. The number of amides is 1. The Bertz CT molecular complexity index is 589. The van der Waals surface area contributed by atoms with Gasteiger partial charge in [-0.05, 0) is 39.7 Å². The van der Waals surface area contributed by atoms with Crippen molar-refractivity contribution in [3.8, 4) is 0 Å². The third kappa shape index (κ3) is 3.56. The highest BCUT2D eigenvalue weighted by Crippen LogP contribution is 2.26. The summed E-state index contributed by atoms with van der Waals surface area (Å²) in [7, 11) is 0. The van der Waals surface area contributed by atoms with Crippen LogP contribution >= 0.6 is 27.5 Å². The molecule has 1 atom stereocenters. The van der Waals surface area contributed by atoms with Gasteiger partial charge in [-0.25, -0.2) is 0 Å². The number of nitrogens with two attached hydrogens (primary N) is 1. The molecule has 0 saturated heterocycles. The van der Waals surface area contributed by atoms with E-state index >= 15 is 0 Å². The standard InChI is InChI=1S/C14H12BrClN2O/c15-11-8-10(16)6-7-12(11)18-14(19)13(17)9-4-2-1-3-5-9/h1-8,13H,17H2,(H,18,19). The maximum atomic E-state index is 12.1. The van der Waals surface area contributed by atoms with E-state index in [1.165, 1.54) is 0 Å². The van der Waals surface area contributed by atoms with Crippen LogP contribution in [0.25, 0.3) is 0 Å². The van der Waals surface area contributed by atoms with Crippen molar-refractivity contribution >= 4 is 39.1 Å². The summed E-state index contributed by atoms with van der Waals surface area (Å²) in [6.45, 7) is 0. The number of rotatable bonds is 3. The van der Waals surface area contributed by atoms with Crippen LogP contribution in [0.1, 0.15) is 11.6 Å². The Balaban J connectivity index is 2.13. The van der Waals surface area contributed by atoms with Crippen LogP contribution < -0.4 is 11.1 Å². The summed E-state index contributed by atoms with van der Waals surface area (Å²) in [5.74, 6) is -0.269. The van der Waals surface area contributed by atoms with E-state index < -0.39 is 6.04 Å². The van der Waals surface area contributed by atoms with E-state index in [1.807, 2.05) is 30.3 Å². The zero-order valence-electron chi connectivity index (χ0n) is 9.94. The first-order valence-corrected chi connectivity index (χ1v) is 6.81. The Morgan fingerprint density at radius 3 is 2.53 bits per heavy atom. The van der Waals surface area contributed by atoms with Gasteiger partial charge in [-0.15, -0.1) is 0 Å². The van der Waals surface area contributed by atoms with Gasteiger partial charge in [0.05, 0.1) is 5.69 Å². The van der Waals surface area contributed by atoms with E-state index in [0.29, 0.717) is 15.2 Å². The molecule has 2 rings (SSSR count). The molecule has 1 unspecified atom stereocenters. The average molecular weight is 340 g/mol. The number of carbonyl (C=O) groups excluding carboxylic acids is 1. The molecule has 5 heteroatoms. The molecule has 0 spiro atoms. The lowest BCUT2D eigenvalue weighted by molar-refractivity contribution is -0.117. The third-order valence-corrected chi connectivity index (χ3v) is 3.52. The molecule has 19 heavy (non-hydrogen) atoms. The Hall–Kier alpha value is -1.36. The predicted octanol–water partition coefficient (Wildman–Crippen LogP) is 3.74. The summed E-state index contributed by atoms with van der Waals surface area (Å²) >= 11 is 9.19. The molecule has 0 heterocycles. The lowest BCUT2D eigenvalue weighted by atomic mass is 10.1. The van der Waals surface area contributed by atoms with Crippen molar-refractivity contribution in [1.29, 1.82) is 0 Å². The number of anilines is 1. The van der Waals surface area contributed by atoms with Crippen molar-refractivity contribution in [3.05, 3.63) is 63.6 Å². The van der Waals surface area contributed by atoms with Crippen molar-refractivity contribution < 1.29 is 4.79 Å². The van der Waals surface area contributed by atoms with Crippen molar-refractivity contribution in [1.82, 2.24) is 0 Å². The number of nitrogens with one attached hydrogen (secondary N) is 1. The molecule has 0 fully saturated rings. The number of benzene rings is 2. The second-order valence-electron chi connectivity index (χ2n) is 4.00. The molecule has 0 radical (unpaired) electrons. The Morgan fingerprint density at radius 2 is 1.89 bits per heavy atom. The van der Waals surface area contributed by atoms with E-state index in [0.717, 1.165) is 5.56 Å². The minimum Gasteiger partial charge on any atom is -0.323 e. The third-order valence-electron chi connectivity index (χ3n) is 2.63. The van der Waals surface area contributed by atoms with E-state index in [2.05, 4.69) is 21.2 Å². The van der Waals surface area contributed by atoms with E-state index in [9.17, 15) is 4.79 Å². The highest BCUT2D eigenvalue weighted by molar-refractivity contribution is 9.10. The van der Waals surface area contributed by atoms with Gasteiger partial charge in [-0.1, -0.05) is 41.9 Å². The van der Waals surface area contributed by atoms with Gasteiger partial charge in [0.2, 0.25) is 5.91 Å². The maximum absolute atomic E-state index is 12.1. The second-order valence-corrected chi connectivity index (χ2v) is 5.29. The highest BCUT2D eigenvalue weighted by Gasteiger charge is 2.16. The molecular formula is C14H12BrClN2O. The molecular weight excluding hydrogens is 328 g/mol. The fourth-order valence-corrected chi connectivity index (χ4v) is 2.39. The minimum atomic E-state index is -0.705. The largest absolute Gasteiger partial charge is 0.323 e. The zero-order valence-corrected chi connectivity index (χ0v) is 12.3. The first kappa shape index (κ1) is 14.1. The molecule has 3 N–H and O–H groups in total. The van der Waals surface area contributed by atoms with Gasteiger partial charge in [0.15, 0.2) is 0 Å². The van der Waals surface area contributed by atoms with Crippen LogP contribution in [0, 0.1) is 0 Å². The average Bonchev–Trinajstić information content (AvgIpc) is 2.42. The summed E-state index contributed by atoms with van der Waals surface area (Å²) < 4.78 is 0.716.